The van der Waals surface area contributed by atoms with Crippen molar-refractivity contribution in [2.75, 3.05) is 20.1 Å². The summed E-state index contributed by atoms with van der Waals surface area (Å²) in [6.07, 6.45) is 0.362. The molecule has 20 heavy (non-hydrogen) atoms. The third-order valence-corrected chi connectivity index (χ3v) is 5.34. The molecule has 110 valence electrons. The second-order valence-electron chi connectivity index (χ2n) is 4.77. The van der Waals surface area contributed by atoms with Crippen LogP contribution in [0, 0.1) is 5.92 Å². The Morgan fingerprint density at radius 2 is 2.05 bits per heavy atom. The monoisotopic (exact) mass is 336 g/mol. The number of rotatable bonds is 4. The second-order valence-corrected chi connectivity index (χ2v) is 7.35. The smallest absolute Gasteiger partial charge is 0.240 e. The molecule has 1 unspecified atom stereocenters. The molecule has 1 amide bonds. The van der Waals surface area contributed by atoms with Crippen LogP contribution in [0.2, 0.25) is 10.0 Å². The van der Waals surface area contributed by atoms with Gasteiger partial charge in [-0.15, -0.1) is 0 Å². The van der Waals surface area contributed by atoms with Crippen LogP contribution in [0.15, 0.2) is 23.1 Å². The number of nitrogens with one attached hydrogen (secondary N) is 1. The van der Waals surface area contributed by atoms with Crippen LogP contribution in [0.5, 0.6) is 0 Å². The highest BCUT2D eigenvalue weighted by atomic mass is 35.5. The van der Waals surface area contributed by atoms with Crippen LogP contribution in [0.25, 0.3) is 0 Å². The Morgan fingerprint density at radius 1 is 1.35 bits per heavy atom. The minimum absolute atomic E-state index is 0.00922. The second kappa shape index (κ2) is 5.89. The van der Waals surface area contributed by atoms with E-state index in [1.165, 1.54) is 18.2 Å². The summed E-state index contributed by atoms with van der Waals surface area (Å²) in [4.78, 5) is 13.0. The van der Waals surface area contributed by atoms with E-state index < -0.39 is 10.0 Å². The maximum Gasteiger partial charge on any atom is 0.240 e. The van der Waals surface area contributed by atoms with Crippen LogP contribution in [-0.4, -0.2) is 39.4 Å². The summed E-state index contributed by atoms with van der Waals surface area (Å²) in [5.74, 6) is 0.0220. The van der Waals surface area contributed by atoms with Gasteiger partial charge in [0.1, 0.15) is 0 Å². The molecule has 1 aliphatic heterocycles. The van der Waals surface area contributed by atoms with E-state index in [2.05, 4.69) is 4.72 Å². The molecule has 1 saturated heterocycles. The largest absolute Gasteiger partial charge is 0.345 e. The van der Waals surface area contributed by atoms with Crippen molar-refractivity contribution in [2.45, 2.75) is 11.3 Å². The third-order valence-electron chi connectivity index (χ3n) is 3.18. The molecule has 0 saturated carbocycles. The van der Waals surface area contributed by atoms with Crippen molar-refractivity contribution < 1.29 is 13.2 Å². The Labute approximate surface area is 127 Å². The van der Waals surface area contributed by atoms with E-state index in [0.29, 0.717) is 18.0 Å². The van der Waals surface area contributed by atoms with Gasteiger partial charge in [-0.2, -0.15) is 0 Å². The number of hydrogen-bond acceptors (Lipinski definition) is 3. The topological polar surface area (TPSA) is 66.5 Å². The van der Waals surface area contributed by atoms with E-state index in [9.17, 15) is 13.2 Å². The van der Waals surface area contributed by atoms with Gasteiger partial charge in [0.2, 0.25) is 15.9 Å². The lowest BCUT2D eigenvalue weighted by atomic mass is 10.1. The summed E-state index contributed by atoms with van der Waals surface area (Å²) in [7, 11) is -1.94. The first-order chi connectivity index (χ1) is 9.29. The van der Waals surface area contributed by atoms with E-state index in [1.54, 1.807) is 11.9 Å². The van der Waals surface area contributed by atoms with E-state index in [-0.39, 0.29) is 28.3 Å². The Balaban J connectivity index is 2.04. The highest BCUT2D eigenvalue weighted by Gasteiger charge is 2.28. The maximum absolute atomic E-state index is 12.1. The number of nitrogens with zero attached hydrogens (tertiary/aromatic N) is 1. The van der Waals surface area contributed by atoms with Crippen molar-refractivity contribution in [3.05, 3.63) is 28.2 Å². The molecule has 0 bridgehead atoms. The van der Waals surface area contributed by atoms with E-state index >= 15 is 0 Å². The predicted octanol–water partition coefficient (Wildman–Crippen LogP) is 1.75. The zero-order chi connectivity index (χ0) is 14.9. The summed E-state index contributed by atoms with van der Waals surface area (Å²) in [6, 6.07) is 4.13. The first kappa shape index (κ1) is 15.6. The van der Waals surface area contributed by atoms with Gasteiger partial charge in [-0.05, 0) is 24.1 Å². The molecule has 1 aromatic rings. The van der Waals surface area contributed by atoms with Crippen molar-refractivity contribution >= 4 is 39.1 Å². The predicted molar refractivity (Wildman–Crippen MR) is 77.4 cm³/mol. The van der Waals surface area contributed by atoms with Gasteiger partial charge in [0, 0.05) is 26.6 Å². The Bertz CT molecular complexity index is 634. The molecule has 1 atom stereocenters. The maximum atomic E-state index is 12.1. The number of carbonyl (C=O) groups is 1. The minimum atomic E-state index is -3.64. The fourth-order valence-electron chi connectivity index (χ4n) is 2.05. The molecule has 0 aromatic heterocycles. The Hall–Kier alpha value is -0.820. The van der Waals surface area contributed by atoms with Crippen LogP contribution in [0.3, 0.4) is 0 Å². The number of likely N-dealkylation sites (tertiary alicyclic amines) is 1. The molecule has 1 N–H and O–H groups in total. The van der Waals surface area contributed by atoms with Crippen LogP contribution in [0.1, 0.15) is 6.42 Å². The van der Waals surface area contributed by atoms with Gasteiger partial charge in [0.15, 0.2) is 0 Å². The first-order valence-corrected chi connectivity index (χ1v) is 8.22. The van der Waals surface area contributed by atoms with Crippen molar-refractivity contribution in [3.63, 3.8) is 0 Å². The minimum Gasteiger partial charge on any atom is -0.345 e. The zero-order valence-corrected chi connectivity index (χ0v) is 13.1. The van der Waals surface area contributed by atoms with Crippen LogP contribution >= 0.6 is 23.2 Å². The molecule has 8 heteroatoms. The summed E-state index contributed by atoms with van der Waals surface area (Å²) in [5.41, 5.74) is 0. The van der Waals surface area contributed by atoms with Gasteiger partial charge in [-0.1, -0.05) is 23.2 Å². The number of amides is 1. The lowest BCUT2D eigenvalue weighted by Gasteiger charge is -2.12. The molecular weight excluding hydrogens is 323 g/mol. The molecule has 5 nitrogen and oxygen atoms in total. The lowest BCUT2D eigenvalue weighted by Crippen LogP contribution is -2.30. The molecule has 1 fully saturated rings. The van der Waals surface area contributed by atoms with Crippen molar-refractivity contribution in [1.82, 2.24) is 9.62 Å². The number of carbonyl (C=O) groups excluding carboxylic acids is 1. The summed E-state index contributed by atoms with van der Waals surface area (Å²) >= 11 is 11.6. The Kier molecular flexibility index (Phi) is 4.59. The van der Waals surface area contributed by atoms with Crippen molar-refractivity contribution in [3.8, 4) is 0 Å². The quantitative estimate of drug-likeness (QED) is 0.910. The van der Waals surface area contributed by atoms with Crippen LogP contribution in [-0.2, 0) is 14.8 Å². The molecule has 0 radical (unpaired) electrons. The lowest BCUT2D eigenvalue weighted by molar-refractivity contribution is -0.126. The van der Waals surface area contributed by atoms with Crippen molar-refractivity contribution in [1.29, 1.82) is 0 Å². The highest BCUT2D eigenvalue weighted by Crippen LogP contribution is 2.25. The fourth-order valence-corrected chi connectivity index (χ4v) is 3.55. The van der Waals surface area contributed by atoms with Gasteiger partial charge < -0.3 is 4.90 Å². The SMILES string of the molecule is CN1CC(CNS(=O)(=O)c2ccc(Cl)c(Cl)c2)CC1=O. The average Bonchev–Trinajstić information content (AvgIpc) is 2.70. The number of benzene rings is 1. The molecule has 1 aromatic carbocycles. The van der Waals surface area contributed by atoms with E-state index in [1.807, 2.05) is 0 Å². The Morgan fingerprint density at radius 3 is 2.60 bits per heavy atom. The highest BCUT2D eigenvalue weighted by molar-refractivity contribution is 7.89. The number of hydrogen-bond donors (Lipinski definition) is 1. The van der Waals surface area contributed by atoms with Gasteiger partial charge in [-0.3, -0.25) is 4.79 Å². The number of halogens is 2. The normalized spacial score (nSPS) is 19.6. The molecule has 1 aliphatic rings. The number of sulfonamides is 1. The molecule has 1 heterocycles. The zero-order valence-electron chi connectivity index (χ0n) is 10.8. The molecular formula is C12H14Cl2N2O3S. The summed E-state index contributed by atoms with van der Waals surface area (Å²) in [5, 5.41) is 0.485. The van der Waals surface area contributed by atoms with Gasteiger partial charge in [-0.25, -0.2) is 13.1 Å². The van der Waals surface area contributed by atoms with Gasteiger partial charge in [0.25, 0.3) is 0 Å². The van der Waals surface area contributed by atoms with E-state index in [4.69, 9.17) is 23.2 Å². The molecule has 2 rings (SSSR count). The molecule has 0 spiro atoms. The summed E-state index contributed by atoms with van der Waals surface area (Å²) in [6.45, 7) is 0.779. The third kappa shape index (κ3) is 3.44. The van der Waals surface area contributed by atoms with Crippen LogP contribution in [0.4, 0.5) is 0 Å². The van der Waals surface area contributed by atoms with E-state index in [0.717, 1.165) is 0 Å². The van der Waals surface area contributed by atoms with Gasteiger partial charge in [0.05, 0.1) is 14.9 Å². The summed E-state index contributed by atoms with van der Waals surface area (Å²) < 4.78 is 26.7. The average molecular weight is 337 g/mol. The fraction of sp³-hybridized carbons (Fsp3) is 0.417. The van der Waals surface area contributed by atoms with Crippen molar-refractivity contribution in [2.24, 2.45) is 5.92 Å². The van der Waals surface area contributed by atoms with Crippen LogP contribution < -0.4 is 4.72 Å². The van der Waals surface area contributed by atoms with Gasteiger partial charge >= 0.3 is 0 Å². The standard InChI is InChI=1S/C12H14Cl2N2O3S/c1-16-7-8(4-12(16)17)6-15-20(18,19)9-2-3-10(13)11(14)5-9/h2-3,5,8,15H,4,6-7H2,1H3. The molecule has 0 aliphatic carbocycles. The first-order valence-electron chi connectivity index (χ1n) is 5.98.